The second-order valence-corrected chi connectivity index (χ2v) is 8.28. The Bertz CT molecular complexity index is 609. The third kappa shape index (κ3) is 5.02. The van der Waals surface area contributed by atoms with Crippen LogP contribution in [0, 0.1) is 5.92 Å². The lowest BCUT2D eigenvalue weighted by Crippen LogP contribution is -3.15. The minimum atomic E-state index is -3.42. The monoisotopic (exact) mass is 340 g/mol. The molecule has 0 bridgehead atoms. The highest BCUT2D eigenvalue weighted by molar-refractivity contribution is 7.89. The molecule has 1 aromatic rings. The maximum atomic E-state index is 12.5. The first-order valence-electron chi connectivity index (χ1n) is 8.05. The van der Waals surface area contributed by atoms with Gasteiger partial charge in [-0.3, -0.25) is 4.79 Å². The van der Waals surface area contributed by atoms with Crippen molar-refractivity contribution in [3.8, 4) is 0 Å². The van der Waals surface area contributed by atoms with E-state index in [1.807, 2.05) is 0 Å². The number of sulfonamides is 1. The van der Waals surface area contributed by atoms with Crippen molar-refractivity contribution in [1.82, 2.24) is 9.62 Å². The average Bonchev–Trinajstić information content (AvgIpc) is 2.54. The van der Waals surface area contributed by atoms with E-state index in [9.17, 15) is 13.2 Å². The van der Waals surface area contributed by atoms with Gasteiger partial charge < -0.3 is 10.2 Å². The molecule has 0 unspecified atom stereocenters. The van der Waals surface area contributed by atoms with Crippen LogP contribution in [-0.4, -0.2) is 57.9 Å². The second kappa shape index (κ2) is 7.90. The zero-order valence-corrected chi connectivity index (χ0v) is 14.6. The van der Waals surface area contributed by atoms with Crippen LogP contribution in [0.1, 0.15) is 13.8 Å². The fourth-order valence-corrected chi connectivity index (χ4v) is 4.03. The van der Waals surface area contributed by atoms with Gasteiger partial charge in [-0.05, 0) is 18.1 Å². The van der Waals surface area contributed by atoms with Gasteiger partial charge >= 0.3 is 0 Å². The van der Waals surface area contributed by atoms with Crippen LogP contribution in [0.15, 0.2) is 35.2 Å². The van der Waals surface area contributed by atoms with Crippen LogP contribution in [0.5, 0.6) is 0 Å². The van der Waals surface area contributed by atoms with Crippen LogP contribution in [0.4, 0.5) is 0 Å². The van der Waals surface area contributed by atoms with Crippen molar-refractivity contribution in [3.63, 3.8) is 0 Å². The summed E-state index contributed by atoms with van der Waals surface area (Å²) < 4.78 is 26.6. The number of benzene rings is 1. The number of amides is 1. The molecular weight excluding hydrogens is 314 g/mol. The first-order valence-corrected chi connectivity index (χ1v) is 9.49. The smallest absolute Gasteiger partial charge is 0.275 e. The van der Waals surface area contributed by atoms with Crippen LogP contribution >= 0.6 is 0 Å². The Hall–Kier alpha value is -1.44. The molecule has 0 aliphatic carbocycles. The molecule has 1 amide bonds. The van der Waals surface area contributed by atoms with E-state index in [-0.39, 0.29) is 5.91 Å². The van der Waals surface area contributed by atoms with Gasteiger partial charge in [0.1, 0.15) is 0 Å². The maximum absolute atomic E-state index is 12.5. The fraction of sp³-hybridized carbons (Fsp3) is 0.562. The number of nitrogens with one attached hydrogen (secondary N) is 2. The molecule has 0 aromatic heterocycles. The number of rotatable bonds is 6. The summed E-state index contributed by atoms with van der Waals surface area (Å²) in [7, 11) is -3.42. The Morgan fingerprint density at radius 1 is 1.22 bits per heavy atom. The van der Waals surface area contributed by atoms with E-state index < -0.39 is 10.0 Å². The van der Waals surface area contributed by atoms with Gasteiger partial charge in [-0.2, -0.15) is 4.31 Å². The SMILES string of the molecule is CC(C)CNC(=O)C[NH+]1CCN(S(=O)(=O)c2ccccc2)CC1. The number of hydrogen-bond donors (Lipinski definition) is 2. The molecule has 1 aliphatic heterocycles. The highest BCUT2D eigenvalue weighted by Crippen LogP contribution is 2.14. The van der Waals surface area contributed by atoms with E-state index in [1.165, 1.54) is 4.31 Å². The largest absolute Gasteiger partial charge is 0.351 e. The second-order valence-electron chi connectivity index (χ2n) is 6.34. The van der Waals surface area contributed by atoms with Gasteiger partial charge in [0.15, 0.2) is 6.54 Å². The number of nitrogens with zero attached hydrogens (tertiary/aromatic N) is 1. The van der Waals surface area contributed by atoms with E-state index in [2.05, 4.69) is 19.2 Å². The Kier molecular flexibility index (Phi) is 6.15. The molecule has 0 radical (unpaired) electrons. The summed E-state index contributed by atoms with van der Waals surface area (Å²) in [4.78, 5) is 13.3. The molecule has 128 valence electrons. The molecule has 0 spiro atoms. The average molecular weight is 340 g/mol. The third-order valence-electron chi connectivity index (χ3n) is 3.93. The van der Waals surface area contributed by atoms with E-state index >= 15 is 0 Å². The molecule has 1 aromatic carbocycles. The summed E-state index contributed by atoms with van der Waals surface area (Å²) in [6.07, 6.45) is 0. The van der Waals surface area contributed by atoms with E-state index in [1.54, 1.807) is 30.3 Å². The van der Waals surface area contributed by atoms with Gasteiger partial charge in [-0.15, -0.1) is 0 Å². The van der Waals surface area contributed by atoms with Crippen molar-refractivity contribution in [3.05, 3.63) is 30.3 Å². The minimum Gasteiger partial charge on any atom is -0.351 e. The van der Waals surface area contributed by atoms with Gasteiger partial charge in [0.2, 0.25) is 10.0 Å². The lowest BCUT2D eigenvalue weighted by Gasteiger charge is -2.31. The van der Waals surface area contributed by atoms with Gasteiger partial charge in [0, 0.05) is 6.54 Å². The molecule has 2 N–H and O–H groups in total. The van der Waals surface area contributed by atoms with Crippen molar-refractivity contribution < 1.29 is 18.1 Å². The molecule has 1 fully saturated rings. The highest BCUT2D eigenvalue weighted by Gasteiger charge is 2.30. The molecule has 0 saturated carbocycles. The highest BCUT2D eigenvalue weighted by atomic mass is 32.2. The number of quaternary nitrogens is 1. The van der Waals surface area contributed by atoms with Crippen molar-refractivity contribution in [2.45, 2.75) is 18.7 Å². The van der Waals surface area contributed by atoms with Crippen LogP contribution in [0.3, 0.4) is 0 Å². The molecule has 1 saturated heterocycles. The van der Waals surface area contributed by atoms with Crippen molar-refractivity contribution in [1.29, 1.82) is 0 Å². The summed E-state index contributed by atoms with van der Waals surface area (Å²) in [6.45, 7) is 7.41. The molecule has 7 heteroatoms. The first-order chi connectivity index (χ1) is 10.9. The van der Waals surface area contributed by atoms with Crippen molar-refractivity contribution >= 4 is 15.9 Å². The quantitative estimate of drug-likeness (QED) is 0.723. The topological polar surface area (TPSA) is 70.9 Å². The van der Waals surface area contributed by atoms with Crippen LogP contribution in [0.2, 0.25) is 0 Å². The number of carbonyl (C=O) groups excluding carboxylic acids is 1. The molecular formula is C16H26N3O3S+. The molecule has 0 atom stereocenters. The number of piperazine rings is 1. The Morgan fingerprint density at radius 2 is 1.83 bits per heavy atom. The van der Waals surface area contributed by atoms with Gasteiger partial charge in [0.25, 0.3) is 5.91 Å². The van der Waals surface area contributed by atoms with E-state index in [0.29, 0.717) is 50.1 Å². The lowest BCUT2D eigenvalue weighted by molar-refractivity contribution is -0.895. The summed E-state index contributed by atoms with van der Waals surface area (Å²) >= 11 is 0. The Morgan fingerprint density at radius 3 is 2.39 bits per heavy atom. The molecule has 6 nitrogen and oxygen atoms in total. The number of hydrogen-bond acceptors (Lipinski definition) is 3. The Balaban J connectivity index is 1.85. The predicted octanol–water partition coefficient (Wildman–Crippen LogP) is -0.652. The normalized spacial score (nSPS) is 17.3. The number of carbonyl (C=O) groups is 1. The van der Waals surface area contributed by atoms with Crippen molar-refractivity contribution in [2.24, 2.45) is 5.92 Å². The van der Waals surface area contributed by atoms with Crippen molar-refractivity contribution in [2.75, 3.05) is 39.3 Å². The zero-order chi connectivity index (χ0) is 16.9. The summed E-state index contributed by atoms with van der Waals surface area (Å²) in [5.41, 5.74) is 0. The first kappa shape index (κ1) is 17.9. The van der Waals surface area contributed by atoms with Gasteiger partial charge in [-0.25, -0.2) is 8.42 Å². The molecule has 1 heterocycles. The Labute approximate surface area is 138 Å². The maximum Gasteiger partial charge on any atom is 0.275 e. The van der Waals surface area contributed by atoms with Gasteiger partial charge in [-0.1, -0.05) is 32.0 Å². The fourth-order valence-electron chi connectivity index (χ4n) is 2.57. The van der Waals surface area contributed by atoms with Crippen LogP contribution in [-0.2, 0) is 14.8 Å². The minimum absolute atomic E-state index is 0.0352. The molecule has 23 heavy (non-hydrogen) atoms. The lowest BCUT2D eigenvalue weighted by atomic mass is 10.2. The predicted molar refractivity (Wildman–Crippen MR) is 88.6 cm³/mol. The standard InChI is InChI=1S/C16H25N3O3S/c1-14(2)12-17-16(20)13-18-8-10-19(11-9-18)23(21,22)15-6-4-3-5-7-15/h3-7,14H,8-13H2,1-2H3,(H,17,20)/p+1. The summed E-state index contributed by atoms with van der Waals surface area (Å²) in [5.74, 6) is 0.467. The summed E-state index contributed by atoms with van der Waals surface area (Å²) in [6, 6.07) is 8.50. The third-order valence-corrected chi connectivity index (χ3v) is 5.84. The summed E-state index contributed by atoms with van der Waals surface area (Å²) in [5, 5.41) is 2.91. The molecule has 2 rings (SSSR count). The van der Waals surface area contributed by atoms with Crippen LogP contribution < -0.4 is 10.2 Å². The van der Waals surface area contributed by atoms with Gasteiger partial charge in [0.05, 0.1) is 31.1 Å². The molecule has 1 aliphatic rings. The van der Waals surface area contributed by atoms with E-state index in [0.717, 1.165) is 4.90 Å². The van der Waals surface area contributed by atoms with E-state index in [4.69, 9.17) is 0 Å². The van der Waals surface area contributed by atoms with Crippen LogP contribution in [0.25, 0.3) is 0 Å². The zero-order valence-electron chi connectivity index (χ0n) is 13.8.